The molecule has 1 aromatic heterocycles. The zero-order valence-electron chi connectivity index (χ0n) is 16.1. The molecule has 1 aromatic rings. The van der Waals surface area contributed by atoms with E-state index < -0.39 is 5.97 Å². The lowest BCUT2D eigenvalue weighted by Gasteiger charge is -2.28. The number of carbonyl (C=O) groups excluding carboxylic acids is 2. The lowest BCUT2D eigenvalue weighted by molar-refractivity contribution is -0.125. The van der Waals surface area contributed by atoms with Crippen LogP contribution >= 0.6 is 0 Å². The maximum Gasteiger partial charge on any atom is 0.340 e. The molecule has 3 saturated carbocycles. The standard InChI is InChI=1S/C21H30N2O3/c1-12-8-19(14(3)23(12)17-6-7-17)21(25)26-11-20(24)22-13(2)18-10-15-4-5-16(18)9-15/h8,13,15-18H,4-7,9-11H2,1-3H3,(H,22,24)/t13-,15+,16+,18+/m1/s1. The van der Waals surface area contributed by atoms with Gasteiger partial charge < -0.3 is 14.6 Å². The number of fused-ring (bicyclic) bond motifs is 2. The summed E-state index contributed by atoms with van der Waals surface area (Å²) in [6.45, 7) is 5.87. The highest BCUT2D eigenvalue weighted by Crippen LogP contribution is 2.49. The minimum atomic E-state index is -0.396. The van der Waals surface area contributed by atoms with E-state index in [0.717, 1.165) is 23.2 Å². The summed E-state index contributed by atoms with van der Waals surface area (Å²) in [5.41, 5.74) is 2.63. The molecular weight excluding hydrogens is 328 g/mol. The minimum absolute atomic E-state index is 0.163. The van der Waals surface area contributed by atoms with Gasteiger partial charge in [0.2, 0.25) is 0 Å². The maximum absolute atomic E-state index is 12.4. The van der Waals surface area contributed by atoms with Gasteiger partial charge in [0.15, 0.2) is 6.61 Å². The van der Waals surface area contributed by atoms with Gasteiger partial charge in [-0.3, -0.25) is 4.79 Å². The largest absolute Gasteiger partial charge is 0.452 e. The summed E-state index contributed by atoms with van der Waals surface area (Å²) in [5.74, 6) is 1.64. The molecule has 3 fully saturated rings. The van der Waals surface area contributed by atoms with Crippen LogP contribution < -0.4 is 5.32 Å². The minimum Gasteiger partial charge on any atom is -0.452 e. The molecular formula is C21H30N2O3. The molecule has 0 saturated heterocycles. The maximum atomic E-state index is 12.4. The molecule has 1 N–H and O–H groups in total. The molecule has 1 heterocycles. The van der Waals surface area contributed by atoms with Crippen molar-refractivity contribution in [1.29, 1.82) is 0 Å². The highest BCUT2D eigenvalue weighted by Gasteiger charge is 2.42. The number of nitrogens with zero attached hydrogens (tertiary/aromatic N) is 1. The van der Waals surface area contributed by atoms with E-state index >= 15 is 0 Å². The zero-order valence-corrected chi connectivity index (χ0v) is 16.1. The van der Waals surface area contributed by atoms with Gasteiger partial charge in [0.05, 0.1) is 5.56 Å². The Labute approximate surface area is 155 Å². The van der Waals surface area contributed by atoms with Crippen LogP contribution in [0.4, 0.5) is 0 Å². The van der Waals surface area contributed by atoms with Crippen molar-refractivity contribution in [2.24, 2.45) is 17.8 Å². The molecule has 4 rings (SSSR count). The van der Waals surface area contributed by atoms with Crippen LogP contribution in [0.15, 0.2) is 6.07 Å². The topological polar surface area (TPSA) is 60.3 Å². The first kappa shape index (κ1) is 17.6. The summed E-state index contributed by atoms with van der Waals surface area (Å²) in [6.07, 6.45) is 7.58. The van der Waals surface area contributed by atoms with Crippen molar-refractivity contribution in [1.82, 2.24) is 9.88 Å². The number of nitrogens with one attached hydrogen (secondary N) is 1. The molecule has 4 atom stereocenters. The third-order valence-corrected chi connectivity index (χ3v) is 6.77. The SMILES string of the molecule is Cc1cc(C(=O)OCC(=O)N[C@H](C)[C@@H]2C[C@H]3CC[C@H]2C3)c(C)n1C1CC1. The number of aryl methyl sites for hydroxylation is 1. The van der Waals surface area contributed by atoms with Crippen LogP contribution in [-0.4, -0.2) is 29.1 Å². The first-order valence-electron chi connectivity index (χ1n) is 10.1. The van der Waals surface area contributed by atoms with Crippen molar-refractivity contribution in [3.05, 3.63) is 23.0 Å². The number of amides is 1. The Morgan fingerprint density at radius 2 is 2.00 bits per heavy atom. The van der Waals surface area contributed by atoms with E-state index in [-0.39, 0.29) is 18.6 Å². The fraction of sp³-hybridized carbons (Fsp3) is 0.714. The summed E-state index contributed by atoms with van der Waals surface area (Å²) in [6, 6.07) is 2.57. The molecule has 2 bridgehead atoms. The Kier molecular flexibility index (Phi) is 4.57. The summed E-state index contributed by atoms with van der Waals surface area (Å²) < 4.78 is 7.52. The quantitative estimate of drug-likeness (QED) is 0.791. The normalized spacial score (nSPS) is 28.2. The van der Waals surface area contributed by atoms with E-state index in [0.29, 0.717) is 17.5 Å². The fourth-order valence-electron chi connectivity index (χ4n) is 5.40. The first-order valence-corrected chi connectivity index (χ1v) is 10.1. The molecule has 26 heavy (non-hydrogen) atoms. The average molecular weight is 358 g/mol. The molecule has 0 unspecified atom stereocenters. The Morgan fingerprint density at radius 1 is 1.23 bits per heavy atom. The van der Waals surface area contributed by atoms with Gasteiger partial charge in [-0.15, -0.1) is 0 Å². The van der Waals surface area contributed by atoms with Crippen LogP contribution in [0.25, 0.3) is 0 Å². The van der Waals surface area contributed by atoms with Crippen molar-refractivity contribution < 1.29 is 14.3 Å². The summed E-state index contributed by atoms with van der Waals surface area (Å²) in [4.78, 5) is 24.6. The molecule has 0 radical (unpaired) electrons. The smallest absolute Gasteiger partial charge is 0.340 e. The summed E-state index contributed by atoms with van der Waals surface area (Å²) >= 11 is 0. The van der Waals surface area contributed by atoms with Crippen LogP contribution in [0.3, 0.4) is 0 Å². The molecule has 1 amide bonds. The van der Waals surface area contributed by atoms with Crippen molar-refractivity contribution in [3.8, 4) is 0 Å². The Hall–Kier alpha value is -1.78. The zero-order chi connectivity index (χ0) is 18.4. The molecule has 0 aliphatic heterocycles. The number of esters is 1. The van der Waals surface area contributed by atoms with Gasteiger partial charge in [0.25, 0.3) is 5.91 Å². The van der Waals surface area contributed by atoms with E-state index in [1.807, 2.05) is 19.9 Å². The monoisotopic (exact) mass is 358 g/mol. The van der Waals surface area contributed by atoms with Gasteiger partial charge in [0.1, 0.15) is 0 Å². The van der Waals surface area contributed by atoms with E-state index in [2.05, 4.69) is 16.8 Å². The summed E-state index contributed by atoms with van der Waals surface area (Å²) in [7, 11) is 0. The molecule has 0 spiro atoms. The number of hydrogen-bond acceptors (Lipinski definition) is 3. The van der Waals surface area contributed by atoms with Crippen molar-refractivity contribution >= 4 is 11.9 Å². The van der Waals surface area contributed by atoms with Crippen molar-refractivity contribution in [2.75, 3.05) is 6.61 Å². The fourth-order valence-corrected chi connectivity index (χ4v) is 5.40. The highest BCUT2D eigenvalue weighted by molar-refractivity contribution is 5.92. The van der Waals surface area contributed by atoms with Gasteiger partial charge in [-0.2, -0.15) is 0 Å². The van der Waals surface area contributed by atoms with E-state index in [1.165, 1.54) is 38.5 Å². The van der Waals surface area contributed by atoms with Crippen LogP contribution in [0, 0.1) is 31.6 Å². The van der Waals surface area contributed by atoms with Crippen LogP contribution in [0.2, 0.25) is 0 Å². The van der Waals surface area contributed by atoms with Crippen LogP contribution in [-0.2, 0) is 9.53 Å². The average Bonchev–Trinajstić information content (AvgIpc) is 3.08. The predicted octanol–water partition coefficient (Wildman–Crippen LogP) is 3.54. The Bertz CT molecular complexity index is 719. The van der Waals surface area contributed by atoms with Gasteiger partial charge in [-0.1, -0.05) is 6.42 Å². The molecule has 5 heteroatoms. The van der Waals surface area contributed by atoms with Crippen LogP contribution in [0.5, 0.6) is 0 Å². The number of rotatable bonds is 6. The predicted molar refractivity (Wildman–Crippen MR) is 99.0 cm³/mol. The second-order valence-corrected chi connectivity index (χ2v) is 8.66. The van der Waals surface area contributed by atoms with E-state index in [9.17, 15) is 9.59 Å². The molecule has 142 valence electrons. The van der Waals surface area contributed by atoms with Gasteiger partial charge >= 0.3 is 5.97 Å². The van der Waals surface area contributed by atoms with Gasteiger partial charge in [0, 0.05) is 23.5 Å². The highest BCUT2D eigenvalue weighted by atomic mass is 16.5. The molecule has 5 nitrogen and oxygen atoms in total. The Morgan fingerprint density at radius 3 is 2.62 bits per heavy atom. The second-order valence-electron chi connectivity index (χ2n) is 8.66. The third kappa shape index (κ3) is 3.28. The third-order valence-electron chi connectivity index (χ3n) is 6.77. The number of ether oxygens (including phenoxy) is 1. The molecule has 3 aliphatic carbocycles. The number of aromatic nitrogens is 1. The first-order chi connectivity index (χ1) is 12.4. The summed E-state index contributed by atoms with van der Waals surface area (Å²) in [5, 5.41) is 3.05. The number of carbonyl (C=O) groups is 2. The second kappa shape index (κ2) is 6.75. The Balaban J connectivity index is 1.29. The lowest BCUT2D eigenvalue weighted by atomic mass is 9.84. The van der Waals surface area contributed by atoms with E-state index in [4.69, 9.17) is 4.74 Å². The van der Waals surface area contributed by atoms with E-state index in [1.54, 1.807) is 0 Å². The number of hydrogen-bond donors (Lipinski definition) is 1. The molecule has 3 aliphatic rings. The van der Waals surface area contributed by atoms with Crippen LogP contribution in [0.1, 0.15) is 73.2 Å². The lowest BCUT2D eigenvalue weighted by Crippen LogP contribution is -2.42. The molecule has 0 aromatic carbocycles. The van der Waals surface area contributed by atoms with Crippen molar-refractivity contribution in [3.63, 3.8) is 0 Å². The van der Waals surface area contributed by atoms with Gasteiger partial charge in [-0.25, -0.2) is 4.79 Å². The van der Waals surface area contributed by atoms with Crippen molar-refractivity contribution in [2.45, 2.75) is 71.4 Å². The van der Waals surface area contributed by atoms with Gasteiger partial charge in [-0.05, 0) is 76.7 Å².